The number of aryl methyl sites for hydroxylation is 1. The number of piperazine rings is 1. The molecular formula is C25H26ClN3OS. The van der Waals surface area contributed by atoms with E-state index in [0.717, 1.165) is 22.2 Å². The fraction of sp³-hybridized carbons (Fsp3) is 0.280. The van der Waals surface area contributed by atoms with Crippen molar-refractivity contribution in [2.45, 2.75) is 30.7 Å². The summed E-state index contributed by atoms with van der Waals surface area (Å²) in [5.41, 5.74) is 4.17. The average molecular weight is 452 g/mol. The van der Waals surface area contributed by atoms with Crippen LogP contribution in [0.4, 0.5) is 5.69 Å². The molecule has 1 atom stereocenters. The van der Waals surface area contributed by atoms with Crippen LogP contribution < -0.4 is 4.90 Å². The summed E-state index contributed by atoms with van der Waals surface area (Å²) in [7, 11) is 0. The Morgan fingerprint density at radius 3 is 2.74 bits per heavy atom. The van der Waals surface area contributed by atoms with Crippen molar-refractivity contribution >= 4 is 35.0 Å². The normalized spacial score (nSPS) is 16.4. The molecule has 0 spiro atoms. The number of carbonyl (C=O) groups excluding carboxylic acids is 1. The summed E-state index contributed by atoms with van der Waals surface area (Å²) in [4.78, 5) is 22.2. The van der Waals surface area contributed by atoms with E-state index in [1.54, 1.807) is 18.0 Å². The lowest BCUT2D eigenvalue weighted by Gasteiger charge is -2.41. The molecule has 2 heterocycles. The molecule has 1 aromatic heterocycles. The molecular weight excluding hydrogens is 426 g/mol. The minimum atomic E-state index is 0.0468. The number of thioether (sulfide) groups is 1. The van der Waals surface area contributed by atoms with E-state index in [1.165, 1.54) is 11.3 Å². The molecule has 0 aliphatic carbocycles. The van der Waals surface area contributed by atoms with Crippen LogP contribution in [0.25, 0.3) is 0 Å². The van der Waals surface area contributed by atoms with Gasteiger partial charge in [-0.1, -0.05) is 41.9 Å². The Hall–Kier alpha value is -2.50. The summed E-state index contributed by atoms with van der Waals surface area (Å²) >= 11 is 7.84. The Balaban J connectivity index is 1.46. The van der Waals surface area contributed by atoms with Crippen LogP contribution in [0.5, 0.6) is 0 Å². The van der Waals surface area contributed by atoms with E-state index in [4.69, 9.17) is 11.6 Å². The highest BCUT2D eigenvalue weighted by Gasteiger charge is 2.29. The van der Waals surface area contributed by atoms with Gasteiger partial charge in [0.15, 0.2) is 0 Å². The summed E-state index contributed by atoms with van der Waals surface area (Å²) in [6.07, 6.45) is 1.74. The van der Waals surface area contributed by atoms with Crippen molar-refractivity contribution in [2.75, 3.05) is 24.5 Å². The van der Waals surface area contributed by atoms with Gasteiger partial charge in [0, 0.05) is 48.3 Å². The van der Waals surface area contributed by atoms with Gasteiger partial charge in [-0.25, -0.2) is 4.98 Å². The second-order valence-corrected chi connectivity index (χ2v) is 9.24. The molecule has 1 aliphatic heterocycles. The van der Waals surface area contributed by atoms with Crippen molar-refractivity contribution in [2.24, 2.45) is 0 Å². The summed E-state index contributed by atoms with van der Waals surface area (Å²) in [5.74, 6) is 0.722. The quantitative estimate of drug-likeness (QED) is 0.467. The molecule has 1 fully saturated rings. The van der Waals surface area contributed by atoms with Gasteiger partial charge in [-0.3, -0.25) is 4.79 Å². The highest BCUT2D eigenvalue weighted by atomic mass is 35.5. The van der Waals surface area contributed by atoms with Crippen molar-refractivity contribution in [3.63, 3.8) is 0 Å². The number of benzene rings is 2. The maximum absolute atomic E-state index is 13.4. The topological polar surface area (TPSA) is 36.4 Å². The van der Waals surface area contributed by atoms with Gasteiger partial charge in [-0.15, -0.1) is 11.8 Å². The number of carbonyl (C=O) groups is 1. The van der Waals surface area contributed by atoms with Gasteiger partial charge in [0.25, 0.3) is 5.91 Å². The lowest BCUT2D eigenvalue weighted by Crippen LogP contribution is -2.53. The first-order chi connectivity index (χ1) is 15.0. The van der Waals surface area contributed by atoms with Gasteiger partial charge in [-0.2, -0.15) is 0 Å². The predicted molar refractivity (Wildman–Crippen MR) is 129 cm³/mol. The Morgan fingerprint density at radius 2 is 1.97 bits per heavy atom. The molecule has 3 aromatic rings. The van der Waals surface area contributed by atoms with Crippen LogP contribution in [-0.2, 0) is 5.75 Å². The van der Waals surface area contributed by atoms with Crippen molar-refractivity contribution < 1.29 is 4.79 Å². The summed E-state index contributed by atoms with van der Waals surface area (Å²) in [6, 6.07) is 20.3. The third-order valence-corrected chi connectivity index (χ3v) is 6.99. The molecule has 0 saturated carbocycles. The minimum absolute atomic E-state index is 0.0468. The first-order valence-corrected chi connectivity index (χ1v) is 11.8. The molecule has 31 heavy (non-hydrogen) atoms. The van der Waals surface area contributed by atoms with Crippen LogP contribution in [0.1, 0.15) is 28.4 Å². The van der Waals surface area contributed by atoms with Crippen LogP contribution in [0.2, 0.25) is 5.02 Å². The first kappa shape index (κ1) is 21.7. The van der Waals surface area contributed by atoms with Gasteiger partial charge in [0.2, 0.25) is 0 Å². The Morgan fingerprint density at radius 1 is 1.13 bits per heavy atom. The first-order valence-electron chi connectivity index (χ1n) is 10.5. The molecule has 4 rings (SSSR count). The predicted octanol–water partition coefficient (Wildman–Crippen LogP) is 5.69. The van der Waals surface area contributed by atoms with E-state index in [9.17, 15) is 4.79 Å². The SMILES string of the molecule is Cc1cccc(N2CCN(C(=O)c3cccnc3SCc3ccccc3Cl)CC2C)c1. The Kier molecular flexibility index (Phi) is 6.83. The smallest absolute Gasteiger partial charge is 0.256 e. The van der Waals surface area contributed by atoms with Gasteiger partial charge in [0.1, 0.15) is 5.03 Å². The van der Waals surface area contributed by atoms with Gasteiger partial charge < -0.3 is 9.80 Å². The number of aromatic nitrogens is 1. The number of hydrogen-bond acceptors (Lipinski definition) is 4. The molecule has 0 N–H and O–H groups in total. The van der Waals surface area contributed by atoms with Crippen LogP contribution in [-0.4, -0.2) is 41.5 Å². The largest absolute Gasteiger partial charge is 0.365 e. The molecule has 0 radical (unpaired) electrons. The fourth-order valence-corrected chi connectivity index (χ4v) is 5.20. The zero-order chi connectivity index (χ0) is 21.8. The second-order valence-electron chi connectivity index (χ2n) is 7.87. The number of hydrogen-bond donors (Lipinski definition) is 0. The van der Waals surface area contributed by atoms with Crippen molar-refractivity contribution in [3.8, 4) is 0 Å². The van der Waals surface area contributed by atoms with Crippen LogP contribution >= 0.6 is 23.4 Å². The minimum Gasteiger partial charge on any atom is -0.365 e. The van der Waals surface area contributed by atoms with Gasteiger partial charge >= 0.3 is 0 Å². The van der Waals surface area contributed by atoms with E-state index in [1.807, 2.05) is 41.3 Å². The second kappa shape index (κ2) is 9.75. The number of amides is 1. The molecule has 1 saturated heterocycles. The van der Waals surface area contributed by atoms with E-state index < -0.39 is 0 Å². The van der Waals surface area contributed by atoms with E-state index in [-0.39, 0.29) is 11.9 Å². The van der Waals surface area contributed by atoms with E-state index in [0.29, 0.717) is 24.4 Å². The monoisotopic (exact) mass is 451 g/mol. The molecule has 0 bridgehead atoms. The van der Waals surface area contributed by atoms with Gasteiger partial charge in [-0.05, 0) is 55.3 Å². The number of halogens is 1. The third-order valence-electron chi connectivity index (χ3n) is 5.57. The number of rotatable bonds is 5. The van der Waals surface area contributed by atoms with Crippen molar-refractivity contribution in [1.29, 1.82) is 0 Å². The zero-order valence-corrected chi connectivity index (χ0v) is 19.4. The number of pyridine rings is 1. The standard InChI is InChI=1S/C25H26ClN3OS/c1-18-7-5-9-21(15-18)29-14-13-28(16-19(29)2)25(30)22-10-6-12-27-24(22)31-17-20-8-3-4-11-23(20)26/h3-12,15,19H,13-14,16-17H2,1-2H3. The Bertz CT molecular complexity index is 1070. The summed E-state index contributed by atoms with van der Waals surface area (Å²) in [5, 5.41) is 1.49. The lowest BCUT2D eigenvalue weighted by molar-refractivity contribution is 0.0722. The maximum atomic E-state index is 13.4. The molecule has 1 unspecified atom stereocenters. The number of anilines is 1. The maximum Gasteiger partial charge on any atom is 0.256 e. The highest BCUT2D eigenvalue weighted by Crippen LogP contribution is 2.29. The molecule has 2 aromatic carbocycles. The average Bonchev–Trinajstić information content (AvgIpc) is 2.78. The van der Waals surface area contributed by atoms with Crippen LogP contribution in [0.3, 0.4) is 0 Å². The summed E-state index contributed by atoms with van der Waals surface area (Å²) in [6.45, 7) is 6.49. The molecule has 4 nitrogen and oxygen atoms in total. The van der Waals surface area contributed by atoms with Crippen LogP contribution in [0.15, 0.2) is 71.9 Å². The summed E-state index contributed by atoms with van der Waals surface area (Å²) < 4.78 is 0. The highest BCUT2D eigenvalue weighted by molar-refractivity contribution is 7.98. The lowest BCUT2D eigenvalue weighted by atomic mass is 10.1. The Labute approximate surface area is 193 Å². The molecule has 1 amide bonds. The van der Waals surface area contributed by atoms with Gasteiger partial charge in [0.05, 0.1) is 5.56 Å². The van der Waals surface area contributed by atoms with Crippen molar-refractivity contribution in [1.82, 2.24) is 9.88 Å². The van der Waals surface area contributed by atoms with Crippen molar-refractivity contribution in [3.05, 3.63) is 88.6 Å². The zero-order valence-electron chi connectivity index (χ0n) is 17.8. The van der Waals surface area contributed by atoms with E-state index >= 15 is 0 Å². The molecule has 1 aliphatic rings. The fourth-order valence-electron chi connectivity index (χ4n) is 3.93. The molecule has 6 heteroatoms. The molecule has 160 valence electrons. The van der Waals surface area contributed by atoms with E-state index in [2.05, 4.69) is 48.0 Å². The number of nitrogens with zero attached hydrogens (tertiary/aromatic N) is 3. The third kappa shape index (κ3) is 5.05. The van der Waals surface area contributed by atoms with Crippen LogP contribution in [0, 0.1) is 6.92 Å².